The number of aryl methyl sites for hydroxylation is 1. The van der Waals surface area contributed by atoms with Crippen molar-refractivity contribution in [2.45, 2.75) is 47.1 Å². The van der Waals surface area contributed by atoms with Crippen molar-refractivity contribution in [3.05, 3.63) is 29.3 Å². The van der Waals surface area contributed by atoms with E-state index in [1.54, 1.807) is 0 Å². The van der Waals surface area contributed by atoms with Crippen molar-refractivity contribution in [2.75, 3.05) is 52.5 Å². The van der Waals surface area contributed by atoms with Gasteiger partial charge in [0.1, 0.15) is 12.4 Å². The zero-order chi connectivity index (χ0) is 20.9. The zero-order valence-electron chi connectivity index (χ0n) is 19.2. The Morgan fingerprint density at radius 3 is 2.77 bits per heavy atom. The van der Waals surface area contributed by atoms with E-state index in [2.05, 4.69) is 54.5 Å². The molecule has 1 heterocycles. The molecule has 30 heavy (non-hydrogen) atoms. The predicted octanol–water partition coefficient (Wildman–Crippen LogP) is 3.82. The summed E-state index contributed by atoms with van der Waals surface area (Å²) in [6.45, 7) is 16.3. The third kappa shape index (κ3) is 9.83. The normalized spacial score (nSPS) is 17.3. The maximum absolute atomic E-state index is 5.95. The van der Waals surface area contributed by atoms with Gasteiger partial charge in [0.05, 0.1) is 13.2 Å². The lowest BCUT2D eigenvalue weighted by Gasteiger charge is -2.32. The van der Waals surface area contributed by atoms with Crippen LogP contribution in [0.15, 0.2) is 23.2 Å². The molecule has 7 heteroatoms. The summed E-state index contributed by atoms with van der Waals surface area (Å²) in [7, 11) is 0. The van der Waals surface area contributed by atoms with Crippen molar-refractivity contribution in [3.8, 4) is 5.75 Å². The van der Waals surface area contributed by atoms with Crippen LogP contribution in [0.25, 0.3) is 0 Å². The molecule has 1 aliphatic heterocycles. The maximum Gasteiger partial charge on any atom is 0.191 e. The molecule has 0 radical (unpaired) electrons. The lowest BCUT2D eigenvalue weighted by Crippen LogP contribution is -2.44. The van der Waals surface area contributed by atoms with Crippen LogP contribution in [0, 0.1) is 12.8 Å². The third-order valence-corrected chi connectivity index (χ3v) is 5.27. The summed E-state index contributed by atoms with van der Waals surface area (Å²) >= 11 is 0. The Morgan fingerprint density at radius 2 is 2.03 bits per heavy atom. The minimum absolute atomic E-state index is 0. The summed E-state index contributed by atoms with van der Waals surface area (Å²) in [6.07, 6.45) is 2.58. The van der Waals surface area contributed by atoms with Gasteiger partial charge in [-0.3, -0.25) is 0 Å². The van der Waals surface area contributed by atoms with Gasteiger partial charge in [0.25, 0.3) is 0 Å². The Balaban J connectivity index is 0.00000450. The maximum atomic E-state index is 5.95. The molecule has 2 rings (SSSR count). The van der Waals surface area contributed by atoms with E-state index in [0.717, 1.165) is 36.9 Å². The molecule has 1 aromatic carbocycles. The fourth-order valence-corrected chi connectivity index (χ4v) is 3.63. The summed E-state index contributed by atoms with van der Waals surface area (Å²) in [5.41, 5.74) is 2.28. The number of halogens is 1. The topological polar surface area (TPSA) is 58.1 Å². The standard InChI is InChI=1S/C23H40N4O2.HI/c1-5-24-23(25-16-20-9-8-12-27(6-2)18-20)26-17-21-11-10-19(4)15-22(21)29-14-13-28-7-3;/h10-11,15,20H,5-9,12-14,16-18H2,1-4H3,(H2,24,25,26);1H. The first-order chi connectivity index (χ1) is 14.2. The third-order valence-electron chi connectivity index (χ3n) is 5.27. The van der Waals surface area contributed by atoms with Crippen molar-refractivity contribution in [1.29, 1.82) is 0 Å². The van der Waals surface area contributed by atoms with Crippen LogP contribution >= 0.6 is 24.0 Å². The molecule has 1 unspecified atom stereocenters. The minimum atomic E-state index is 0. The Bertz CT molecular complexity index is 627. The molecule has 1 saturated heterocycles. The average Bonchev–Trinajstić information content (AvgIpc) is 2.74. The van der Waals surface area contributed by atoms with Gasteiger partial charge in [-0.25, -0.2) is 4.99 Å². The minimum Gasteiger partial charge on any atom is -0.491 e. The predicted molar refractivity (Wildman–Crippen MR) is 136 cm³/mol. The van der Waals surface area contributed by atoms with Crippen molar-refractivity contribution >= 4 is 29.9 Å². The Kier molecular flexibility index (Phi) is 14.1. The van der Waals surface area contributed by atoms with Crippen LogP contribution in [0.3, 0.4) is 0 Å². The molecular weight excluding hydrogens is 491 g/mol. The number of hydrogen-bond acceptors (Lipinski definition) is 4. The van der Waals surface area contributed by atoms with E-state index in [-0.39, 0.29) is 24.0 Å². The van der Waals surface area contributed by atoms with Crippen LogP contribution in [0.2, 0.25) is 0 Å². The van der Waals surface area contributed by atoms with Gasteiger partial charge in [-0.1, -0.05) is 19.1 Å². The number of nitrogens with one attached hydrogen (secondary N) is 2. The monoisotopic (exact) mass is 532 g/mol. The Labute approximate surface area is 200 Å². The van der Waals surface area contributed by atoms with Gasteiger partial charge in [-0.05, 0) is 64.3 Å². The number of hydrogen-bond donors (Lipinski definition) is 2. The van der Waals surface area contributed by atoms with E-state index in [0.29, 0.717) is 32.3 Å². The lowest BCUT2D eigenvalue weighted by atomic mass is 9.98. The second-order valence-corrected chi connectivity index (χ2v) is 7.63. The van der Waals surface area contributed by atoms with Gasteiger partial charge in [0, 0.05) is 31.8 Å². The Hall–Kier alpha value is -1.06. The van der Waals surface area contributed by atoms with Gasteiger partial charge in [-0.15, -0.1) is 24.0 Å². The fraction of sp³-hybridized carbons (Fsp3) is 0.696. The second kappa shape index (κ2) is 15.7. The highest BCUT2D eigenvalue weighted by Gasteiger charge is 2.18. The number of ether oxygens (including phenoxy) is 2. The van der Waals surface area contributed by atoms with Gasteiger partial charge in [-0.2, -0.15) is 0 Å². The van der Waals surface area contributed by atoms with E-state index in [1.165, 1.54) is 31.5 Å². The molecule has 0 amide bonds. The smallest absolute Gasteiger partial charge is 0.191 e. The molecule has 172 valence electrons. The van der Waals surface area contributed by atoms with Gasteiger partial charge < -0.3 is 25.0 Å². The molecule has 0 spiro atoms. The molecule has 0 aromatic heterocycles. The molecule has 0 aliphatic carbocycles. The number of piperidine rings is 1. The van der Waals surface area contributed by atoms with E-state index >= 15 is 0 Å². The first kappa shape index (κ1) is 27.0. The van der Waals surface area contributed by atoms with Crippen molar-refractivity contribution in [3.63, 3.8) is 0 Å². The lowest BCUT2D eigenvalue weighted by molar-refractivity contribution is 0.110. The van der Waals surface area contributed by atoms with Crippen LogP contribution in [0.4, 0.5) is 0 Å². The van der Waals surface area contributed by atoms with Gasteiger partial charge in [0.15, 0.2) is 5.96 Å². The SMILES string of the molecule is CCNC(=NCc1ccc(C)cc1OCCOCC)NCC1CCCN(CC)C1.I. The first-order valence-corrected chi connectivity index (χ1v) is 11.2. The number of guanidine groups is 1. The van der Waals surface area contributed by atoms with Crippen LogP contribution in [0.5, 0.6) is 5.75 Å². The summed E-state index contributed by atoms with van der Waals surface area (Å²) in [4.78, 5) is 7.35. The van der Waals surface area contributed by atoms with Crippen molar-refractivity contribution in [2.24, 2.45) is 10.9 Å². The number of benzene rings is 1. The second-order valence-electron chi connectivity index (χ2n) is 7.63. The molecule has 1 aliphatic rings. The molecule has 1 atom stereocenters. The number of rotatable bonds is 11. The van der Waals surface area contributed by atoms with E-state index in [9.17, 15) is 0 Å². The summed E-state index contributed by atoms with van der Waals surface area (Å²) in [5, 5.41) is 6.92. The summed E-state index contributed by atoms with van der Waals surface area (Å²) in [6, 6.07) is 6.30. The molecule has 2 N–H and O–H groups in total. The van der Waals surface area contributed by atoms with Crippen LogP contribution in [-0.2, 0) is 11.3 Å². The van der Waals surface area contributed by atoms with Gasteiger partial charge >= 0.3 is 0 Å². The molecule has 6 nitrogen and oxygen atoms in total. The quantitative estimate of drug-likeness (QED) is 0.197. The molecular formula is C23H41IN4O2. The first-order valence-electron chi connectivity index (χ1n) is 11.2. The number of nitrogens with zero attached hydrogens (tertiary/aromatic N) is 2. The summed E-state index contributed by atoms with van der Waals surface area (Å²) < 4.78 is 11.3. The Morgan fingerprint density at radius 1 is 1.20 bits per heavy atom. The molecule has 0 bridgehead atoms. The molecule has 0 saturated carbocycles. The fourth-order valence-electron chi connectivity index (χ4n) is 3.63. The summed E-state index contributed by atoms with van der Waals surface area (Å²) in [5.74, 6) is 2.46. The van der Waals surface area contributed by atoms with Crippen molar-refractivity contribution in [1.82, 2.24) is 15.5 Å². The highest BCUT2D eigenvalue weighted by Crippen LogP contribution is 2.21. The van der Waals surface area contributed by atoms with E-state index in [4.69, 9.17) is 14.5 Å². The van der Waals surface area contributed by atoms with Crippen LogP contribution < -0.4 is 15.4 Å². The molecule has 1 aromatic rings. The average molecular weight is 533 g/mol. The number of likely N-dealkylation sites (tertiary alicyclic amines) is 1. The largest absolute Gasteiger partial charge is 0.491 e. The highest BCUT2D eigenvalue weighted by atomic mass is 127. The number of aliphatic imine (C=N–C) groups is 1. The van der Waals surface area contributed by atoms with Crippen LogP contribution in [0.1, 0.15) is 44.7 Å². The molecule has 1 fully saturated rings. The zero-order valence-corrected chi connectivity index (χ0v) is 21.5. The van der Waals surface area contributed by atoms with Crippen molar-refractivity contribution < 1.29 is 9.47 Å². The highest BCUT2D eigenvalue weighted by molar-refractivity contribution is 14.0. The van der Waals surface area contributed by atoms with Crippen LogP contribution in [-0.4, -0.2) is 63.4 Å². The van der Waals surface area contributed by atoms with Gasteiger partial charge in [0.2, 0.25) is 0 Å². The van der Waals surface area contributed by atoms with E-state index in [1.807, 2.05) is 6.92 Å². The van der Waals surface area contributed by atoms with E-state index < -0.39 is 0 Å².